The molecule has 0 saturated heterocycles. The summed E-state index contributed by atoms with van der Waals surface area (Å²) < 4.78 is 11.2. The van der Waals surface area contributed by atoms with E-state index >= 15 is 0 Å². The van der Waals surface area contributed by atoms with Gasteiger partial charge in [0.2, 0.25) is 0 Å². The molecule has 0 spiro atoms. The Morgan fingerprint density at radius 1 is 1.11 bits per heavy atom. The minimum atomic E-state index is -0.312. The van der Waals surface area contributed by atoms with E-state index in [0.717, 1.165) is 11.1 Å². The predicted octanol–water partition coefficient (Wildman–Crippen LogP) is 4.09. The van der Waals surface area contributed by atoms with E-state index in [-0.39, 0.29) is 5.91 Å². The largest absolute Gasteiger partial charge is 0.493 e. The lowest BCUT2D eigenvalue weighted by molar-refractivity contribution is 0.0955. The molecule has 7 heteroatoms. The Morgan fingerprint density at radius 2 is 1.86 bits per heavy atom. The van der Waals surface area contributed by atoms with Gasteiger partial charge in [0, 0.05) is 23.0 Å². The number of benzene rings is 2. The van der Waals surface area contributed by atoms with Gasteiger partial charge in [-0.25, -0.2) is 5.43 Å². The Morgan fingerprint density at radius 3 is 2.57 bits per heavy atom. The molecule has 2 aromatic carbocycles. The summed E-state index contributed by atoms with van der Waals surface area (Å²) in [6.45, 7) is 0.392. The highest BCUT2D eigenvalue weighted by atomic mass is 35.5. The number of hydrogen-bond acceptors (Lipinski definition) is 5. The van der Waals surface area contributed by atoms with E-state index in [4.69, 9.17) is 21.1 Å². The van der Waals surface area contributed by atoms with Crippen LogP contribution in [-0.4, -0.2) is 24.2 Å². The third-order valence-corrected chi connectivity index (χ3v) is 4.07. The molecule has 142 valence electrons. The molecule has 1 aromatic heterocycles. The van der Waals surface area contributed by atoms with Crippen molar-refractivity contribution in [3.63, 3.8) is 0 Å². The summed E-state index contributed by atoms with van der Waals surface area (Å²) in [6, 6.07) is 16.1. The monoisotopic (exact) mass is 395 g/mol. The molecule has 1 amide bonds. The summed E-state index contributed by atoms with van der Waals surface area (Å²) in [5.74, 6) is 0.863. The number of hydrazone groups is 1. The lowest BCUT2D eigenvalue weighted by Crippen LogP contribution is -2.17. The second-order valence-corrected chi connectivity index (χ2v) is 6.20. The van der Waals surface area contributed by atoms with Gasteiger partial charge in [0.05, 0.1) is 13.3 Å². The average Bonchev–Trinajstić information content (AvgIpc) is 2.74. The van der Waals surface area contributed by atoms with Crippen LogP contribution in [0.5, 0.6) is 11.5 Å². The molecule has 0 bridgehead atoms. The number of nitrogens with zero attached hydrogens (tertiary/aromatic N) is 2. The molecule has 0 unspecified atom stereocenters. The Bertz CT molecular complexity index is 960. The van der Waals surface area contributed by atoms with Crippen LogP contribution >= 0.6 is 11.6 Å². The molecule has 1 heterocycles. The second-order valence-electron chi connectivity index (χ2n) is 5.76. The molecule has 3 aromatic rings. The lowest BCUT2D eigenvalue weighted by Gasteiger charge is -2.11. The third kappa shape index (κ3) is 5.31. The predicted molar refractivity (Wildman–Crippen MR) is 108 cm³/mol. The van der Waals surface area contributed by atoms with Gasteiger partial charge >= 0.3 is 0 Å². The summed E-state index contributed by atoms with van der Waals surface area (Å²) >= 11 is 5.89. The van der Waals surface area contributed by atoms with Gasteiger partial charge in [0.15, 0.2) is 11.5 Å². The zero-order chi connectivity index (χ0) is 19.8. The van der Waals surface area contributed by atoms with Crippen molar-refractivity contribution in [2.24, 2.45) is 5.10 Å². The number of hydrogen-bond donors (Lipinski definition) is 1. The first-order chi connectivity index (χ1) is 13.7. The van der Waals surface area contributed by atoms with E-state index < -0.39 is 0 Å². The smallest absolute Gasteiger partial charge is 0.271 e. The fourth-order valence-electron chi connectivity index (χ4n) is 2.36. The number of carbonyl (C=O) groups is 1. The quantitative estimate of drug-likeness (QED) is 0.483. The standard InChI is InChI=1S/C21H18ClN3O3/c1-27-20-12-16(13-24-25-21(26)17-8-10-23-11-9-17)4-7-19(20)28-14-15-2-5-18(22)6-3-15/h2-13H,14H2,1H3,(H,25,26)/b24-13-. The summed E-state index contributed by atoms with van der Waals surface area (Å²) in [6.07, 6.45) is 4.63. The highest BCUT2D eigenvalue weighted by Crippen LogP contribution is 2.28. The van der Waals surface area contributed by atoms with Gasteiger partial charge in [-0.1, -0.05) is 23.7 Å². The molecule has 0 aliphatic heterocycles. The van der Waals surface area contributed by atoms with Crippen LogP contribution in [0.2, 0.25) is 5.02 Å². The summed E-state index contributed by atoms with van der Waals surface area (Å²) in [5.41, 5.74) is 4.70. The Hall–Kier alpha value is -3.38. The van der Waals surface area contributed by atoms with Crippen LogP contribution in [0.3, 0.4) is 0 Å². The van der Waals surface area contributed by atoms with Crippen LogP contribution in [0.1, 0.15) is 21.5 Å². The molecule has 3 rings (SSSR count). The number of rotatable bonds is 7. The minimum Gasteiger partial charge on any atom is -0.493 e. The Kier molecular flexibility index (Phi) is 6.59. The maximum absolute atomic E-state index is 11.9. The number of amides is 1. The molecule has 28 heavy (non-hydrogen) atoms. The van der Waals surface area contributed by atoms with Crippen molar-refractivity contribution in [2.75, 3.05) is 7.11 Å². The van der Waals surface area contributed by atoms with Crippen LogP contribution < -0.4 is 14.9 Å². The summed E-state index contributed by atoms with van der Waals surface area (Å²) in [7, 11) is 1.57. The number of methoxy groups -OCH3 is 1. The zero-order valence-electron chi connectivity index (χ0n) is 15.1. The van der Waals surface area contributed by atoms with Crippen LogP contribution in [-0.2, 0) is 6.61 Å². The molecule has 0 atom stereocenters. The number of aromatic nitrogens is 1. The van der Waals surface area contributed by atoms with Crippen molar-refractivity contribution in [2.45, 2.75) is 6.61 Å². The van der Waals surface area contributed by atoms with E-state index in [9.17, 15) is 4.79 Å². The third-order valence-electron chi connectivity index (χ3n) is 3.82. The molecule has 0 radical (unpaired) electrons. The fourth-order valence-corrected chi connectivity index (χ4v) is 2.48. The molecule has 0 aliphatic carbocycles. The maximum atomic E-state index is 11.9. The molecular formula is C21H18ClN3O3. The number of carbonyl (C=O) groups excluding carboxylic acids is 1. The minimum absolute atomic E-state index is 0.312. The Balaban J connectivity index is 1.62. The second kappa shape index (κ2) is 9.53. The number of ether oxygens (including phenoxy) is 2. The molecule has 1 N–H and O–H groups in total. The topological polar surface area (TPSA) is 72.8 Å². The van der Waals surface area contributed by atoms with Gasteiger partial charge in [0.25, 0.3) is 5.91 Å². The SMILES string of the molecule is COc1cc(/C=N\NC(=O)c2ccncc2)ccc1OCc1ccc(Cl)cc1. The summed E-state index contributed by atoms with van der Waals surface area (Å²) in [4.78, 5) is 15.8. The first-order valence-corrected chi connectivity index (χ1v) is 8.82. The van der Waals surface area contributed by atoms with Gasteiger partial charge in [-0.3, -0.25) is 9.78 Å². The van der Waals surface area contributed by atoms with Gasteiger partial charge < -0.3 is 9.47 Å². The highest BCUT2D eigenvalue weighted by Gasteiger charge is 2.06. The van der Waals surface area contributed by atoms with Crippen LogP contribution in [0.4, 0.5) is 0 Å². The van der Waals surface area contributed by atoms with E-state index in [0.29, 0.717) is 28.7 Å². The molecule has 6 nitrogen and oxygen atoms in total. The fraction of sp³-hybridized carbons (Fsp3) is 0.0952. The number of halogens is 1. The van der Waals surface area contributed by atoms with E-state index in [1.54, 1.807) is 43.8 Å². The lowest BCUT2D eigenvalue weighted by atomic mass is 10.2. The van der Waals surface area contributed by atoms with Crippen molar-refractivity contribution in [1.29, 1.82) is 0 Å². The van der Waals surface area contributed by atoms with Crippen molar-refractivity contribution in [1.82, 2.24) is 10.4 Å². The molecule has 0 fully saturated rings. The van der Waals surface area contributed by atoms with Gasteiger partial charge in [-0.15, -0.1) is 0 Å². The van der Waals surface area contributed by atoms with Gasteiger partial charge in [0.1, 0.15) is 6.61 Å². The number of nitrogens with one attached hydrogen (secondary N) is 1. The Labute approximate surface area is 167 Å². The maximum Gasteiger partial charge on any atom is 0.271 e. The highest BCUT2D eigenvalue weighted by molar-refractivity contribution is 6.30. The van der Waals surface area contributed by atoms with Crippen molar-refractivity contribution >= 4 is 23.7 Å². The normalized spacial score (nSPS) is 10.6. The van der Waals surface area contributed by atoms with E-state index in [1.165, 1.54) is 6.21 Å². The average molecular weight is 396 g/mol. The summed E-state index contributed by atoms with van der Waals surface area (Å²) in [5, 5.41) is 4.65. The van der Waals surface area contributed by atoms with Crippen molar-refractivity contribution in [3.05, 3.63) is 88.7 Å². The molecular weight excluding hydrogens is 378 g/mol. The number of pyridine rings is 1. The van der Waals surface area contributed by atoms with Crippen LogP contribution in [0.25, 0.3) is 0 Å². The first kappa shape index (κ1) is 19.4. The van der Waals surface area contributed by atoms with E-state index in [1.807, 2.05) is 30.3 Å². The van der Waals surface area contributed by atoms with Gasteiger partial charge in [-0.05, 0) is 53.6 Å². The zero-order valence-corrected chi connectivity index (χ0v) is 15.9. The van der Waals surface area contributed by atoms with Crippen LogP contribution in [0.15, 0.2) is 72.1 Å². The van der Waals surface area contributed by atoms with Crippen LogP contribution in [0, 0.1) is 0 Å². The van der Waals surface area contributed by atoms with Crippen molar-refractivity contribution < 1.29 is 14.3 Å². The van der Waals surface area contributed by atoms with E-state index in [2.05, 4.69) is 15.5 Å². The molecule has 0 saturated carbocycles. The molecule has 0 aliphatic rings. The van der Waals surface area contributed by atoms with Crippen molar-refractivity contribution in [3.8, 4) is 11.5 Å². The van der Waals surface area contributed by atoms with Gasteiger partial charge in [-0.2, -0.15) is 5.10 Å². The first-order valence-electron chi connectivity index (χ1n) is 8.44.